The third kappa shape index (κ3) is 4.42. The van der Waals surface area contributed by atoms with Gasteiger partial charge in [-0.05, 0) is 48.7 Å². The number of rotatable bonds is 6. The van der Waals surface area contributed by atoms with Crippen molar-refractivity contribution in [2.75, 3.05) is 6.61 Å². The molecule has 0 saturated carbocycles. The first-order chi connectivity index (χ1) is 11.0. The molecule has 0 saturated heterocycles. The summed E-state index contributed by atoms with van der Waals surface area (Å²) in [7, 11) is -3.45. The quantitative estimate of drug-likeness (QED) is 0.761. The largest absolute Gasteiger partial charge is 0.462 e. The highest BCUT2D eigenvalue weighted by molar-refractivity contribution is 7.90. The highest BCUT2D eigenvalue weighted by Crippen LogP contribution is 2.18. The van der Waals surface area contributed by atoms with E-state index in [-0.39, 0.29) is 17.3 Å². The molecule has 0 atom stereocenters. The summed E-state index contributed by atoms with van der Waals surface area (Å²) in [5.74, 6) is -0.592. The minimum atomic E-state index is -3.45. The Morgan fingerprint density at radius 2 is 1.70 bits per heavy atom. The van der Waals surface area contributed by atoms with Gasteiger partial charge in [0.05, 0.1) is 22.8 Å². The SMILES string of the molecule is CCOC(=O)c1cccc(CS(=O)(=O)c2ccc(CC)cc2)c1. The van der Waals surface area contributed by atoms with E-state index in [9.17, 15) is 13.2 Å². The van der Waals surface area contributed by atoms with E-state index in [2.05, 4.69) is 0 Å². The summed E-state index contributed by atoms with van der Waals surface area (Å²) in [4.78, 5) is 12.0. The van der Waals surface area contributed by atoms with E-state index < -0.39 is 15.8 Å². The number of benzene rings is 2. The van der Waals surface area contributed by atoms with Crippen molar-refractivity contribution in [1.82, 2.24) is 0 Å². The molecule has 4 nitrogen and oxygen atoms in total. The molecule has 5 heteroatoms. The molecule has 2 aromatic rings. The van der Waals surface area contributed by atoms with E-state index in [1.165, 1.54) is 0 Å². The maximum Gasteiger partial charge on any atom is 0.338 e. The second kappa shape index (κ2) is 7.42. The second-order valence-electron chi connectivity index (χ2n) is 5.18. The predicted octanol–water partition coefficient (Wildman–Crippen LogP) is 3.40. The molecular weight excluding hydrogens is 312 g/mol. The predicted molar refractivity (Wildman–Crippen MR) is 89.1 cm³/mol. The Kier molecular flexibility index (Phi) is 5.55. The lowest BCUT2D eigenvalue weighted by molar-refractivity contribution is 0.0526. The zero-order chi connectivity index (χ0) is 16.9. The number of ether oxygens (including phenoxy) is 1. The molecule has 0 aliphatic heterocycles. The number of esters is 1. The number of carbonyl (C=O) groups excluding carboxylic acids is 1. The smallest absolute Gasteiger partial charge is 0.338 e. The van der Waals surface area contributed by atoms with Crippen LogP contribution in [0, 0.1) is 0 Å². The highest BCUT2D eigenvalue weighted by atomic mass is 32.2. The van der Waals surface area contributed by atoms with E-state index in [0.717, 1.165) is 12.0 Å². The van der Waals surface area contributed by atoms with Gasteiger partial charge in [-0.15, -0.1) is 0 Å². The van der Waals surface area contributed by atoms with Crippen LogP contribution in [0.25, 0.3) is 0 Å². The molecule has 2 aromatic carbocycles. The Hall–Kier alpha value is -2.14. The molecule has 23 heavy (non-hydrogen) atoms. The molecule has 2 rings (SSSR count). The molecule has 0 heterocycles. The van der Waals surface area contributed by atoms with E-state index in [1.54, 1.807) is 43.3 Å². The first-order valence-corrected chi connectivity index (χ1v) is 9.19. The number of hydrogen-bond acceptors (Lipinski definition) is 4. The van der Waals surface area contributed by atoms with Crippen molar-refractivity contribution in [3.05, 3.63) is 65.2 Å². The van der Waals surface area contributed by atoms with Gasteiger partial charge < -0.3 is 4.74 Å². The summed E-state index contributed by atoms with van der Waals surface area (Å²) in [6.45, 7) is 4.03. The van der Waals surface area contributed by atoms with Crippen LogP contribution in [0.5, 0.6) is 0 Å². The van der Waals surface area contributed by atoms with E-state index in [0.29, 0.717) is 11.1 Å². The van der Waals surface area contributed by atoms with Gasteiger partial charge in [-0.3, -0.25) is 0 Å². The Morgan fingerprint density at radius 1 is 1.00 bits per heavy atom. The zero-order valence-corrected chi connectivity index (χ0v) is 14.1. The van der Waals surface area contributed by atoms with Gasteiger partial charge in [0.2, 0.25) is 0 Å². The normalized spacial score (nSPS) is 11.2. The van der Waals surface area contributed by atoms with E-state index >= 15 is 0 Å². The van der Waals surface area contributed by atoms with Crippen LogP contribution in [0.3, 0.4) is 0 Å². The summed E-state index contributed by atoms with van der Waals surface area (Å²) < 4.78 is 29.9. The summed E-state index contributed by atoms with van der Waals surface area (Å²) >= 11 is 0. The molecule has 0 radical (unpaired) electrons. The lowest BCUT2D eigenvalue weighted by atomic mass is 10.1. The molecule has 0 N–H and O–H groups in total. The van der Waals surface area contributed by atoms with Crippen molar-refractivity contribution >= 4 is 15.8 Å². The molecule has 0 fully saturated rings. The summed E-state index contributed by atoms with van der Waals surface area (Å²) in [5, 5.41) is 0. The summed E-state index contributed by atoms with van der Waals surface area (Å²) in [5.41, 5.74) is 2.02. The summed E-state index contributed by atoms with van der Waals surface area (Å²) in [6, 6.07) is 13.4. The first-order valence-electron chi connectivity index (χ1n) is 7.54. The van der Waals surface area contributed by atoms with Crippen LogP contribution in [0.4, 0.5) is 0 Å². The van der Waals surface area contributed by atoms with Gasteiger partial charge in [0.1, 0.15) is 0 Å². The molecular formula is C18H20O4S. The lowest BCUT2D eigenvalue weighted by Gasteiger charge is -2.07. The first kappa shape index (κ1) is 17.2. The van der Waals surface area contributed by atoms with Crippen molar-refractivity contribution in [3.63, 3.8) is 0 Å². The average Bonchev–Trinajstić information content (AvgIpc) is 2.55. The topological polar surface area (TPSA) is 60.4 Å². The molecule has 0 bridgehead atoms. The molecule has 0 spiro atoms. The second-order valence-corrected chi connectivity index (χ2v) is 7.17. The van der Waals surface area contributed by atoms with Gasteiger partial charge in [-0.25, -0.2) is 13.2 Å². The van der Waals surface area contributed by atoms with Gasteiger partial charge >= 0.3 is 5.97 Å². The Morgan fingerprint density at radius 3 is 2.30 bits per heavy atom. The molecule has 0 unspecified atom stereocenters. The van der Waals surface area contributed by atoms with Gasteiger partial charge in [0.25, 0.3) is 0 Å². The molecule has 0 amide bonds. The fraction of sp³-hybridized carbons (Fsp3) is 0.278. The maximum absolute atomic E-state index is 12.5. The van der Waals surface area contributed by atoms with Crippen LogP contribution in [0.2, 0.25) is 0 Å². The Bertz CT molecular complexity index is 777. The lowest BCUT2D eigenvalue weighted by Crippen LogP contribution is -2.08. The minimum Gasteiger partial charge on any atom is -0.462 e. The van der Waals surface area contributed by atoms with Crippen molar-refractivity contribution < 1.29 is 17.9 Å². The van der Waals surface area contributed by atoms with Crippen LogP contribution >= 0.6 is 0 Å². The Balaban J connectivity index is 2.23. The van der Waals surface area contributed by atoms with Crippen molar-refractivity contribution in [2.24, 2.45) is 0 Å². The van der Waals surface area contributed by atoms with Crippen LogP contribution in [-0.2, 0) is 26.7 Å². The third-order valence-corrected chi connectivity index (χ3v) is 5.19. The zero-order valence-electron chi connectivity index (χ0n) is 13.3. The van der Waals surface area contributed by atoms with Crippen LogP contribution in [0.1, 0.15) is 35.3 Å². The monoisotopic (exact) mass is 332 g/mol. The van der Waals surface area contributed by atoms with Crippen LogP contribution in [0.15, 0.2) is 53.4 Å². The van der Waals surface area contributed by atoms with Crippen LogP contribution < -0.4 is 0 Å². The van der Waals surface area contributed by atoms with Crippen molar-refractivity contribution in [1.29, 1.82) is 0 Å². The standard InChI is InChI=1S/C18H20O4S/c1-3-14-8-10-17(11-9-14)23(20,21)13-15-6-5-7-16(12-15)18(19)22-4-2/h5-12H,3-4,13H2,1-2H3. The minimum absolute atomic E-state index is 0.147. The van der Waals surface area contributed by atoms with Gasteiger partial charge in [0.15, 0.2) is 9.84 Å². The molecule has 0 aliphatic rings. The number of carbonyl (C=O) groups is 1. The number of hydrogen-bond donors (Lipinski definition) is 0. The highest BCUT2D eigenvalue weighted by Gasteiger charge is 2.16. The van der Waals surface area contributed by atoms with Gasteiger partial charge in [-0.2, -0.15) is 0 Å². The van der Waals surface area contributed by atoms with Gasteiger partial charge in [0, 0.05) is 0 Å². The fourth-order valence-corrected chi connectivity index (χ4v) is 3.57. The van der Waals surface area contributed by atoms with Crippen molar-refractivity contribution in [3.8, 4) is 0 Å². The molecule has 0 aliphatic carbocycles. The van der Waals surface area contributed by atoms with Crippen LogP contribution in [-0.4, -0.2) is 21.0 Å². The number of sulfone groups is 1. The molecule has 0 aromatic heterocycles. The molecule has 122 valence electrons. The third-order valence-electron chi connectivity index (χ3n) is 3.49. The fourth-order valence-electron chi connectivity index (χ4n) is 2.24. The van der Waals surface area contributed by atoms with Crippen molar-refractivity contribution in [2.45, 2.75) is 30.9 Å². The summed E-state index contributed by atoms with van der Waals surface area (Å²) in [6.07, 6.45) is 0.863. The van der Waals surface area contributed by atoms with E-state index in [4.69, 9.17) is 4.74 Å². The number of aryl methyl sites for hydroxylation is 1. The van der Waals surface area contributed by atoms with E-state index in [1.807, 2.05) is 19.1 Å². The maximum atomic E-state index is 12.5. The average molecular weight is 332 g/mol. The van der Waals surface area contributed by atoms with Gasteiger partial charge in [-0.1, -0.05) is 31.2 Å². The Labute approximate surface area is 137 Å².